The normalized spacial score (nSPS) is 17.8. The molecule has 1 aliphatic rings. The molecule has 0 saturated carbocycles. The molecule has 4 nitrogen and oxygen atoms in total. The van der Waals surface area contributed by atoms with Crippen LogP contribution in [-0.2, 0) is 4.79 Å². The smallest absolute Gasteiger partial charge is 0.220 e. The molecule has 0 aromatic heterocycles. The number of hydrogen-bond acceptors (Lipinski definition) is 3. The van der Waals surface area contributed by atoms with Crippen LogP contribution >= 0.6 is 12.4 Å². The Morgan fingerprint density at radius 1 is 1.30 bits per heavy atom. The van der Waals surface area contributed by atoms with Crippen LogP contribution in [0.3, 0.4) is 0 Å². The van der Waals surface area contributed by atoms with Gasteiger partial charge in [0.05, 0.1) is 6.10 Å². The van der Waals surface area contributed by atoms with Crippen LogP contribution in [0.2, 0.25) is 0 Å². The predicted octanol–water partition coefficient (Wildman–Crippen LogP) is 2.47. The number of amides is 1. The van der Waals surface area contributed by atoms with E-state index in [-0.39, 0.29) is 30.3 Å². The molecule has 1 fully saturated rings. The molecule has 5 heteroatoms. The van der Waals surface area contributed by atoms with E-state index in [1.807, 2.05) is 18.2 Å². The minimum Gasteiger partial charge on any atom is -0.393 e. The number of carbonyl (C=O) groups is 1. The van der Waals surface area contributed by atoms with Gasteiger partial charge in [-0.2, -0.15) is 0 Å². The zero-order valence-electron chi connectivity index (χ0n) is 13.8. The van der Waals surface area contributed by atoms with Crippen LogP contribution in [-0.4, -0.2) is 36.8 Å². The summed E-state index contributed by atoms with van der Waals surface area (Å²) in [6.45, 7) is 4.44. The molecule has 1 saturated heterocycles. The Balaban J connectivity index is 0.00000264. The lowest BCUT2D eigenvalue weighted by Crippen LogP contribution is -2.34. The lowest BCUT2D eigenvalue weighted by atomic mass is 9.92. The maximum Gasteiger partial charge on any atom is 0.220 e. The maximum atomic E-state index is 12.1. The lowest BCUT2D eigenvalue weighted by Gasteiger charge is -2.23. The number of rotatable bonds is 7. The highest BCUT2D eigenvalue weighted by atomic mass is 35.5. The highest BCUT2D eigenvalue weighted by molar-refractivity contribution is 5.85. The van der Waals surface area contributed by atoms with Crippen LogP contribution in [0.4, 0.5) is 0 Å². The first-order valence-corrected chi connectivity index (χ1v) is 8.35. The molecule has 1 aromatic carbocycles. The van der Waals surface area contributed by atoms with E-state index in [0.717, 1.165) is 25.9 Å². The lowest BCUT2D eigenvalue weighted by molar-refractivity contribution is -0.122. The SMILES string of the molecule is CC(O)CC(CNC(=O)CC1CCNCC1)c1ccccc1.Cl. The minimum absolute atomic E-state index is 0. The molecule has 23 heavy (non-hydrogen) atoms. The number of carbonyl (C=O) groups excluding carboxylic acids is 1. The van der Waals surface area contributed by atoms with Crippen LogP contribution in [0.1, 0.15) is 44.1 Å². The Morgan fingerprint density at radius 2 is 1.96 bits per heavy atom. The number of halogens is 1. The van der Waals surface area contributed by atoms with Gasteiger partial charge in [-0.15, -0.1) is 12.4 Å². The summed E-state index contributed by atoms with van der Waals surface area (Å²) in [6.07, 6.45) is 3.09. The Kier molecular flexibility index (Phi) is 9.22. The molecule has 2 atom stereocenters. The molecule has 1 amide bonds. The van der Waals surface area contributed by atoms with E-state index >= 15 is 0 Å². The Labute approximate surface area is 145 Å². The van der Waals surface area contributed by atoms with Crippen molar-refractivity contribution in [1.29, 1.82) is 0 Å². The minimum atomic E-state index is -0.369. The van der Waals surface area contributed by atoms with Gasteiger partial charge in [0.2, 0.25) is 5.91 Å². The first-order chi connectivity index (χ1) is 10.6. The van der Waals surface area contributed by atoms with Gasteiger partial charge in [-0.25, -0.2) is 0 Å². The van der Waals surface area contributed by atoms with Crippen molar-refractivity contribution in [3.63, 3.8) is 0 Å². The number of aliphatic hydroxyl groups excluding tert-OH is 1. The summed E-state index contributed by atoms with van der Waals surface area (Å²) in [5.74, 6) is 0.810. The molecule has 2 unspecified atom stereocenters. The van der Waals surface area contributed by atoms with Crippen molar-refractivity contribution in [2.75, 3.05) is 19.6 Å². The molecule has 1 heterocycles. The van der Waals surface area contributed by atoms with E-state index in [1.165, 1.54) is 5.56 Å². The average Bonchev–Trinajstić information content (AvgIpc) is 2.53. The summed E-state index contributed by atoms with van der Waals surface area (Å²) >= 11 is 0. The summed E-state index contributed by atoms with van der Waals surface area (Å²) in [4.78, 5) is 12.1. The fourth-order valence-corrected chi connectivity index (χ4v) is 3.13. The molecule has 0 bridgehead atoms. The third-order valence-corrected chi connectivity index (χ3v) is 4.38. The summed E-state index contributed by atoms with van der Waals surface area (Å²) < 4.78 is 0. The molecule has 1 aliphatic heterocycles. The van der Waals surface area contributed by atoms with Gasteiger partial charge in [0.25, 0.3) is 0 Å². The van der Waals surface area contributed by atoms with Crippen molar-refractivity contribution in [3.05, 3.63) is 35.9 Å². The van der Waals surface area contributed by atoms with Crippen molar-refractivity contribution >= 4 is 18.3 Å². The number of aliphatic hydroxyl groups is 1. The summed E-state index contributed by atoms with van der Waals surface area (Å²) in [6, 6.07) is 10.1. The summed E-state index contributed by atoms with van der Waals surface area (Å²) in [7, 11) is 0. The number of nitrogens with one attached hydrogen (secondary N) is 2. The molecular weight excluding hydrogens is 312 g/mol. The van der Waals surface area contributed by atoms with E-state index in [1.54, 1.807) is 6.92 Å². The van der Waals surface area contributed by atoms with Gasteiger partial charge in [-0.1, -0.05) is 30.3 Å². The molecule has 0 radical (unpaired) electrons. The second-order valence-corrected chi connectivity index (χ2v) is 6.39. The Bertz CT molecular complexity index is 448. The van der Waals surface area contributed by atoms with Crippen LogP contribution in [0.5, 0.6) is 0 Å². The molecule has 130 valence electrons. The van der Waals surface area contributed by atoms with Gasteiger partial charge in [0.15, 0.2) is 0 Å². The molecule has 0 aliphatic carbocycles. The van der Waals surface area contributed by atoms with Gasteiger partial charge in [-0.05, 0) is 50.8 Å². The number of hydrogen-bond donors (Lipinski definition) is 3. The second kappa shape index (κ2) is 10.6. The predicted molar refractivity (Wildman–Crippen MR) is 95.9 cm³/mol. The molecule has 2 rings (SSSR count). The van der Waals surface area contributed by atoms with Crippen molar-refractivity contribution in [2.24, 2.45) is 5.92 Å². The first kappa shape index (κ1) is 19.9. The zero-order chi connectivity index (χ0) is 15.8. The third-order valence-electron chi connectivity index (χ3n) is 4.38. The van der Waals surface area contributed by atoms with Crippen molar-refractivity contribution in [1.82, 2.24) is 10.6 Å². The van der Waals surface area contributed by atoms with Crippen molar-refractivity contribution in [3.8, 4) is 0 Å². The van der Waals surface area contributed by atoms with E-state index in [4.69, 9.17) is 0 Å². The summed E-state index contributed by atoms with van der Waals surface area (Å²) in [5, 5.41) is 16.1. The largest absolute Gasteiger partial charge is 0.393 e. The van der Waals surface area contributed by atoms with E-state index in [2.05, 4.69) is 22.8 Å². The zero-order valence-corrected chi connectivity index (χ0v) is 14.6. The fourth-order valence-electron chi connectivity index (χ4n) is 3.13. The van der Waals surface area contributed by atoms with Crippen LogP contribution < -0.4 is 10.6 Å². The van der Waals surface area contributed by atoms with E-state index in [0.29, 0.717) is 25.3 Å². The Morgan fingerprint density at radius 3 is 2.57 bits per heavy atom. The highest BCUT2D eigenvalue weighted by Crippen LogP contribution is 2.21. The summed E-state index contributed by atoms with van der Waals surface area (Å²) in [5.41, 5.74) is 1.17. The van der Waals surface area contributed by atoms with Gasteiger partial charge in [0.1, 0.15) is 0 Å². The topological polar surface area (TPSA) is 61.4 Å². The van der Waals surface area contributed by atoms with E-state index in [9.17, 15) is 9.90 Å². The first-order valence-electron chi connectivity index (χ1n) is 8.35. The van der Waals surface area contributed by atoms with Crippen LogP contribution in [0.25, 0.3) is 0 Å². The molecule has 3 N–H and O–H groups in total. The number of piperidine rings is 1. The van der Waals surface area contributed by atoms with Crippen LogP contribution in [0, 0.1) is 5.92 Å². The van der Waals surface area contributed by atoms with Gasteiger partial charge in [0, 0.05) is 18.9 Å². The monoisotopic (exact) mass is 340 g/mol. The van der Waals surface area contributed by atoms with Gasteiger partial charge in [-0.3, -0.25) is 4.79 Å². The molecular formula is C18H29ClN2O2. The van der Waals surface area contributed by atoms with E-state index < -0.39 is 0 Å². The van der Waals surface area contributed by atoms with Crippen molar-refractivity contribution in [2.45, 2.75) is 44.6 Å². The highest BCUT2D eigenvalue weighted by Gasteiger charge is 2.19. The van der Waals surface area contributed by atoms with Crippen LogP contribution in [0.15, 0.2) is 30.3 Å². The third kappa shape index (κ3) is 7.34. The number of benzene rings is 1. The van der Waals surface area contributed by atoms with Gasteiger partial charge >= 0.3 is 0 Å². The quantitative estimate of drug-likeness (QED) is 0.714. The maximum absolute atomic E-state index is 12.1. The van der Waals surface area contributed by atoms with Gasteiger partial charge < -0.3 is 15.7 Å². The Hall–Kier alpha value is -1.10. The molecule has 0 spiro atoms. The van der Waals surface area contributed by atoms with Crippen molar-refractivity contribution < 1.29 is 9.90 Å². The standard InChI is InChI=1S/C18H28N2O2.ClH/c1-14(21)11-17(16-5-3-2-4-6-16)13-20-18(22)12-15-7-9-19-10-8-15;/h2-6,14-15,17,19,21H,7-13H2,1H3,(H,20,22);1H. The molecule has 1 aromatic rings. The fraction of sp³-hybridized carbons (Fsp3) is 0.611. The average molecular weight is 341 g/mol. The second-order valence-electron chi connectivity index (χ2n) is 6.39.